The van der Waals surface area contributed by atoms with Crippen molar-refractivity contribution in [2.45, 2.75) is 6.92 Å². The number of amides is 1. The molecular formula is C15H14BClFN3O3. The predicted octanol–water partition coefficient (Wildman–Crippen LogP) is 1.40. The van der Waals surface area contributed by atoms with Crippen LogP contribution in [0.3, 0.4) is 0 Å². The number of carbonyl (C=O) groups is 1. The number of hydrogen-bond donors (Lipinski definition) is 2. The highest BCUT2D eigenvalue weighted by atomic mass is 35.5. The van der Waals surface area contributed by atoms with Gasteiger partial charge >= 0.3 is 0 Å². The third-order valence-electron chi connectivity index (χ3n) is 3.13. The summed E-state index contributed by atoms with van der Waals surface area (Å²) in [5.74, 6) is -1.28. The van der Waals surface area contributed by atoms with Crippen LogP contribution in [0.25, 0.3) is 0 Å². The zero-order chi connectivity index (χ0) is 17.9. The average Bonchev–Trinajstić information content (AvgIpc) is 2.54. The van der Waals surface area contributed by atoms with Crippen LogP contribution in [0, 0.1) is 5.82 Å². The fraction of sp³-hybridized carbons (Fsp3) is 0.200. The average molecular weight is 350 g/mol. The summed E-state index contributed by atoms with van der Waals surface area (Å²) in [7, 11) is 6.94. The molecule has 0 aliphatic carbocycles. The molecule has 0 spiro atoms. The minimum absolute atomic E-state index is 0.0183. The quantitative estimate of drug-likeness (QED) is 0.632. The molecule has 0 saturated carbocycles. The number of aromatic nitrogens is 1. The van der Waals surface area contributed by atoms with Crippen molar-refractivity contribution in [1.82, 2.24) is 10.0 Å². The third-order valence-corrected chi connectivity index (χ3v) is 3.48. The number of aryl methyl sites for hydroxylation is 1. The van der Waals surface area contributed by atoms with Gasteiger partial charge in [-0.2, -0.15) is 0 Å². The summed E-state index contributed by atoms with van der Waals surface area (Å²) in [6.45, 7) is 1.94. The highest BCUT2D eigenvalue weighted by molar-refractivity contribution is 6.34. The molecule has 2 aromatic rings. The minimum Gasteiger partial charge on any atom is -0.351 e. The van der Waals surface area contributed by atoms with Gasteiger partial charge in [-0.1, -0.05) is 23.1 Å². The summed E-state index contributed by atoms with van der Waals surface area (Å²) in [6.07, 6.45) is 1.28. The molecule has 24 heavy (non-hydrogen) atoms. The molecule has 1 heterocycles. The fourth-order valence-corrected chi connectivity index (χ4v) is 2.23. The molecule has 2 N–H and O–H groups in total. The molecule has 0 atom stereocenters. The Morgan fingerprint density at radius 1 is 1.46 bits per heavy atom. The zero-order valence-electron chi connectivity index (χ0n) is 13.0. The van der Waals surface area contributed by atoms with Gasteiger partial charge in [0.05, 0.1) is 23.5 Å². The maximum atomic E-state index is 14.0. The molecule has 2 rings (SSSR count). The van der Waals surface area contributed by atoms with Crippen LogP contribution in [0.4, 0.5) is 15.8 Å². The first-order valence-corrected chi connectivity index (χ1v) is 7.36. The van der Waals surface area contributed by atoms with Crippen molar-refractivity contribution in [3.8, 4) is 0 Å². The molecule has 1 aromatic carbocycles. The lowest BCUT2D eigenvalue weighted by Gasteiger charge is -2.15. The van der Waals surface area contributed by atoms with Gasteiger partial charge in [-0.3, -0.25) is 14.4 Å². The molecule has 0 aliphatic rings. The first-order valence-electron chi connectivity index (χ1n) is 6.98. The smallest absolute Gasteiger partial charge is 0.278 e. The summed E-state index contributed by atoms with van der Waals surface area (Å²) in [5, 5.41) is 2.42. The van der Waals surface area contributed by atoms with E-state index in [0.29, 0.717) is 0 Å². The summed E-state index contributed by atoms with van der Waals surface area (Å²) in [6, 6.07) is 3.96. The minimum atomic E-state index is -0.650. The monoisotopic (exact) mass is 349 g/mol. The van der Waals surface area contributed by atoms with Gasteiger partial charge < -0.3 is 9.88 Å². The van der Waals surface area contributed by atoms with Gasteiger partial charge in [-0.25, -0.2) is 9.87 Å². The van der Waals surface area contributed by atoms with E-state index in [1.165, 1.54) is 25.4 Å². The molecule has 0 fully saturated rings. The Morgan fingerprint density at radius 3 is 2.79 bits per heavy atom. The number of benzene rings is 1. The fourth-order valence-electron chi connectivity index (χ4n) is 1.95. The standard InChI is InChI=1S/C15H14BClFN3O3/c1-3-24-20-14(22)9-7-21(2)15(23)12(17)13(9)19-11-5-4-8(16)6-10(11)18/h4-7,19H,3H2,1-2H3,(H,20,22). The number of pyridine rings is 1. The van der Waals surface area contributed by atoms with Crippen molar-refractivity contribution < 1.29 is 14.0 Å². The molecule has 124 valence electrons. The number of nitrogens with one attached hydrogen (secondary N) is 2. The molecule has 0 bridgehead atoms. The van der Waals surface area contributed by atoms with Crippen LogP contribution >= 0.6 is 11.6 Å². The number of halogens is 2. The molecule has 6 nitrogen and oxygen atoms in total. The number of hydroxylamine groups is 1. The molecule has 0 aliphatic heterocycles. The summed E-state index contributed by atoms with van der Waals surface area (Å²) < 4.78 is 15.1. The number of hydrogen-bond acceptors (Lipinski definition) is 4. The van der Waals surface area contributed by atoms with E-state index in [-0.39, 0.29) is 34.0 Å². The highest BCUT2D eigenvalue weighted by Gasteiger charge is 2.20. The second-order valence-corrected chi connectivity index (χ2v) is 5.25. The van der Waals surface area contributed by atoms with Crippen LogP contribution in [-0.2, 0) is 11.9 Å². The van der Waals surface area contributed by atoms with Crippen molar-refractivity contribution in [1.29, 1.82) is 0 Å². The molecular weight excluding hydrogens is 335 g/mol. The number of rotatable bonds is 5. The second-order valence-electron chi connectivity index (χ2n) is 4.88. The summed E-state index contributed by atoms with van der Waals surface area (Å²) in [4.78, 5) is 29.1. The summed E-state index contributed by atoms with van der Waals surface area (Å²) >= 11 is 6.05. The molecule has 1 aromatic heterocycles. The number of carbonyl (C=O) groups excluding carboxylic acids is 1. The second kappa shape index (κ2) is 7.50. The van der Waals surface area contributed by atoms with Gasteiger partial charge in [0.1, 0.15) is 18.7 Å². The lowest BCUT2D eigenvalue weighted by Crippen LogP contribution is -2.28. The van der Waals surface area contributed by atoms with Crippen LogP contribution in [0.1, 0.15) is 17.3 Å². The van der Waals surface area contributed by atoms with Gasteiger partial charge in [-0.15, -0.1) is 0 Å². The van der Waals surface area contributed by atoms with Gasteiger partial charge in [0.2, 0.25) is 0 Å². The van der Waals surface area contributed by atoms with Crippen molar-refractivity contribution in [2.24, 2.45) is 7.05 Å². The van der Waals surface area contributed by atoms with Crippen LogP contribution in [0.15, 0.2) is 29.2 Å². The Labute approximate surface area is 143 Å². The first-order chi connectivity index (χ1) is 11.3. The van der Waals surface area contributed by atoms with E-state index in [1.54, 1.807) is 6.92 Å². The van der Waals surface area contributed by atoms with E-state index in [9.17, 15) is 14.0 Å². The Bertz CT molecular complexity index is 841. The normalized spacial score (nSPS) is 10.5. The first kappa shape index (κ1) is 18.0. The maximum absolute atomic E-state index is 14.0. The van der Waals surface area contributed by atoms with E-state index < -0.39 is 17.3 Å². The molecule has 0 saturated heterocycles. The lowest BCUT2D eigenvalue weighted by molar-refractivity contribution is 0.0364. The van der Waals surface area contributed by atoms with E-state index in [2.05, 4.69) is 10.8 Å². The molecule has 0 unspecified atom stereocenters. The Balaban J connectivity index is 2.52. The van der Waals surface area contributed by atoms with Gasteiger partial charge in [0.15, 0.2) is 0 Å². The van der Waals surface area contributed by atoms with Crippen molar-refractivity contribution in [3.05, 3.63) is 51.2 Å². The Hall–Kier alpha value is -2.32. The van der Waals surface area contributed by atoms with Crippen LogP contribution in [0.2, 0.25) is 5.02 Å². The Kier molecular flexibility index (Phi) is 5.64. The van der Waals surface area contributed by atoms with Crippen LogP contribution < -0.4 is 21.8 Å². The van der Waals surface area contributed by atoms with Crippen molar-refractivity contribution >= 4 is 42.2 Å². The maximum Gasteiger partial charge on any atom is 0.278 e. The van der Waals surface area contributed by atoms with Gasteiger partial charge in [0.25, 0.3) is 11.5 Å². The number of anilines is 2. The topological polar surface area (TPSA) is 72.4 Å². The largest absolute Gasteiger partial charge is 0.351 e. The molecule has 1 amide bonds. The van der Waals surface area contributed by atoms with Crippen LogP contribution in [0.5, 0.6) is 0 Å². The molecule has 9 heteroatoms. The van der Waals surface area contributed by atoms with Crippen molar-refractivity contribution in [2.75, 3.05) is 11.9 Å². The Morgan fingerprint density at radius 2 is 2.17 bits per heavy atom. The van der Waals surface area contributed by atoms with Crippen molar-refractivity contribution in [3.63, 3.8) is 0 Å². The van der Waals surface area contributed by atoms with E-state index in [1.807, 2.05) is 0 Å². The summed E-state index contributed by atoms with van der Waals surface area (Å²) in [5.41, 5.74) is 1.92. The number of nitrogens with zero attached hydrogens (tertiary/aromatic N) is 1. The van der Waals surface area contributed by atoms with E-state index >= 15 is 0 Å². The van der Waals surface area contributed by atoms with Gasteiger partial charge in [0, 0.05) is 13.2 Å². The SMILES string of the molecule is [B]c1ccc(Nc2c(C(=O)NOCC)cn(C)c(=O)c2Cl)c(F)c1. The lowest BCUT2D eigenvalue weighted by atomic mass is 9.96. The van der Waals surface area contributed by atoms with E-state index in [4.69, 9.17) is 24.3 Å². The predicted molar refractivity (Wildman–Crippen MR) is 90.9 cm³/mol. The highest BCUT2D eigenvalue weighted by Crippen LogP contribution is 2.27. The molecule has 2 radical (unpaired) electrons. The third kappa shape index (κ3) is 3.77. The zero-order valence-corrected chi connectivity index (χ0v) is 13.8. The van der Waals surface area contributed by atoms with Gasteiger partial charge in [-0.05, 0) is 19.1 Å². The van der Waals surface area contributed by atoms with Crippen LogP contribution in [-0.4, -0.2) is 24.9 Å². The van der Waals surface area contributed by atoms with E-state index in [0.717, 1.165) is 10.6 Å².